The number of hydrogen-bond donors (Lipinski definition) is 10. The Kier molecular flexibility index (Phi) is 51.3. The smallest absolute Gasteiger partial charge is 0.390 e. The van der Waals surface area contributed by atoms with E-state index in [1.165, 1.54) is 13.8 Å². The van der Waals surface area contributed by atoms with E-state index in [0.717, 1.165) is 93.3 Å². The molecule has 1 aliphatic carbocycles. The predicted octanol–water partition coefficient (Wildman–Crippen LogP) is 14.5. The van der Waals surface area contributed by atoms with E-state index in [-0.39, 0.29) is 171 Å². The summed E-state index contributed by atoms with van der Waals surface area (Å²) in [5, 5.41) is 31.3. The van der Waals surface area contributed by atoms with E-state index in [1.807, 2.05) is 179 Å². The summed E-state index contributed by atoms with van der Waals surface area (Å²) < 4.78 is 35.5. The largest absolute Gasteiger partial charge is 0.460 e. The molecule has 1 amide bonds. The molecule has 1 saturated carbocycles. The molecule has 6 aliphatic heterocycles. The molecule has 39 heteroatoms. The van der Waals surface area contributed by atoms with Crippen LogP contribution < -0.4 is 38.3 Å². The molecule has 33 nitrogen and oxygen atoms in total. The fraction of sp³-hybridized carbons (Fsp3) is 0.387. The number of hydrogen-bond acceptors (Lipinski definition) is 26. The van der Waals surface area contributed by atoms with Gasteiger partial charge in [-0.1, -0.05) is 169 Å². The number of aryl methyl sites for hydroxylation is 1. The number of Topliss-reactive ketones (excluding diaryl/α,β-unsaturated/α-hetero) is 2. The van der Waals surface area contributed by atoms with Gasteiger partial charge in [0, 0.05) is 57.4 Å². The van der Waals surface area contributed by atoms with Crippen molar-refractivity contribution >= 4 is 165 Å². The molecule has 8 aromatic rings. The van der Waals surface area contributed by atoms with Gasteiger partial charge >= 0.3 is 36.5 Å². The summed E-state index contributed by atoms with van der Waals surface area (Å²) in [6.45, 7) is 40.0. The van der Waals surface area contributed by atoms with Gasteiger partial charge in [0.15, 0.2) is 23.2 Å². The average molecular weight is 2030 g/mol. The van der Waals surface area contributed by atoms with Crippen molar-refractivity contribution in [1.29, 1.82) is 5.41 Å². The lowest BCUT2D eigenvalue weighted by molar-refractivity contribution is -0.162. The number of nitrogen functional groups attached to an aromatic ring is 2. The summed E-state index contributed by atoms with van der Waals surface area (Å²) in [5.74, 6) is 0.453. The van der Waals surface area contributed by atoms with Crippen molar-refractivity contribution in [2.75, 3.05) is 69.7 Å². The lowest BCUT2D eigenvalue weighted by Crippen LogP contribution is -2.47. The number of fused-ring (bicyclic) bond motifs is 3. The van der Waals surface area contributed by atoms with Crippen molar-refractivity contribution < 1.29 is 67.0 Å². The Morgan fingerprint density at radius 2 is 1.12 bits per heavy atom. The number of amidine groups is 3. The van der Waals surface area contributed by atoms with Crippen molar-refractivity contribution in [2.24, 2.45) is 32.5 Å². The second kappa shape index (κ2) is 59.0. The Labute approximate surface area is 813 Å². The molecule has 0 bridgehead atoms. The van der Waals surface area contributed by atoms with E-state index in [2.05, 4.69) is 92.3 Å². The van der Waals surface area contributed by atoms with Crippen LogP contribution in [0, 0.1) is 43.9 Å². The number of esters is 3. The first kappa shape index (κ1) is 115. The van der Waals surface area contributed by atoms with Gasteiger partial charge in [0.1, 0.15) is 63.8 Å². The number of halogens is 6. The SMILES string of the molecule is CC(=O)CCl.CC1(Cc2c(N)nc(-c3ccccc3)[nH]c2=O)OCCO1.CC1=CC2C(=O)NC(c3ccccc3)=NC2N1.CC1=CC2C(Cl)=NC(c3ccccc3)=NC2N1.Cc1cc2c(NC3CCC(O)CC3)nc(-c3ccccc3)nc2[nH]1.Cl.Cl.Cl.I.N=C(N)c1ccccc1.[C-]#[N+]C(CC(C)=O)C(=O)OCC.[C-]#[N+]C(CC1(C)OCCO1)C(=O)OCC.[C-]#[N+]CC(=O)OCC. The molecule has 0 spiro atoms. The number of nitrogens with one attached hydrogen (secondary N) is 7. The molecule has 9 heterocycles. The number of nitrogens with two attached hydrogens (primary N) is 2. The van der Waals surface area contributed by atoms with Crippen LogP contribution in [0.3, 0.4) is 0 Å². The number of aliphatic hydroxyl groups excluding tert-OH is 1. The first-order valence-corrected chi connectivity index (χ1v) is 42.3. The summed E-state index contributed by atoms with van der Waals surface area (Å²) >= 11 is 11.2. The maximum absolute atomic E-state index is 12.3. The predicted molar refractivity (Wildman–Crippen MR) is 529 cm³/mol. The molecule has 708 valence electrons. The minimum Gasteiger partial charge on any atom is -0.460 e. The number of aliphatic hydroxyl groups is 1. The van der Waals surface area contributed by atoms with Crippen LogP contribution in [0.15, 0.2) is 201 Å². The van der Waals surface area contributed by atoms with E-state index in [0.29, 0.717) is 67.3 Å². The standard InChI is InChI=1S/C19H22N4O.C15H17N3O3.C13H12ClN3.C13H13N3O.C10H15NO4.C8H11NO3.C7H8N2.C5H7NO2.C3H5ClO.3ClH.HI/c1-12-11-16-18(20-12)22-17(13-5-3-2-4-6-13)23-19(16)21-14-7-9-15(24)10-8-14;1-15(20-7-8-21-15)9-11-12(16)17-13(18-14(11)19)10-5-3-2-4-6-10;1-8-7-10-11(14)16-12(17-13(10)15-8)9-5-3-2-4-6-9;1-8-7-10-12(14-8)15-11(16-13(10)17)9-5-3-2-4-6-9;1-4-13-9(12)8(11-3)7-10(2)14-5-6-15-10;1-4-12-8(11)7(9-3)5-6(2)10;8-7(9)6-4-2-1-3-5-6;1-3-8-5(7)4-6-2;1-3(5)2-4;;;;/h2-6,11,14-15,24H,7-10H2,1H3,(H2,20,21,22,23);2-6H,7-9H2,1H3,(H3,16,17,18,19);2-7,10,13,15H,1H3;2-7,10,12,14H,1H3,(H,15,16,17);8H,4-7H2,1-2H3;7H,4-5H2,1-2H3;1-5H,(H3,8,9);3-4H2,1H3;2H2,1H3;4*1H. The Hall–Kier alpha value is -11.6. The lowest BCUT2D eigenvalue weighted by Gasteiger charge is -2.26. The zero-order valence-corrected chi connectivity index (χ0v) is 81.1. The average Bonchev–Trinajstić information content (AvgIpc) is 1.66. The van der Waals surface area contributed by atoms with Gasteiger partial charge < -0.3 is 95.5 Å². The highest BCUT2D eigenvalue weighted by molar-refractivity contribution is 14.0. The molecule has 15 rings (SSSR count). The van der Waals surface area contributed by atoms with Gasteiger partial charge in [-0.25, -0.2) is 64.0 Å². The third-order valence-corrected chi connectivity index (χ3v) is 20.0. The molecule has 6 atom stereocenters. The highest BCUT2D eigenvalue weighted by Gasteiger charge is 2.41. The molecule has 5 aromatic carbocycles. The van der Waals surface area contributed by atoms with Crippen LogP contribution >= 0.6 is 84.4 Å². The zero-order chi connectivity index (χ0) is 93.3. The number of ketones is 2. The monoisotopic (exact) mass is 2020 g/mol. The van der Waals surface area contributed by atoms with Crippen LogP contribution in [-0.2, 0) is 68.3 Å². The van der Waals surface area contributed by atoms with Crippen molar-refractivity contribution in [3.8, 4) is 22.8 Å². The maximum Gasteiger partial charge on any atom is 0.390 e. The van der Waals surface area contributed by atoms with Crippen LogP contribution in [0.1, 0.15) is 129 Å². The first-order chi connectivity index (χ1) is 61.3. The quantitative estimate of drug-likeness (QED) is 0.00644. The second-order valence-electron chi connectivity index (χ2n) is 29.8. The van der Waals surface area contributed by atoms with E-state index in [1.54, 1.807) is 34.6 Å². The summed E-state index contributed by atoms with van der Waals surface area (Å²) in [5.41, 5.74) is 19.9. The van der Waals surface area contributed by atoms with Crippen LogP contribution in [0.25, 0.3) is 48.3 Å². The van der Waals surface area contributed by atoms with Crippen molar-refractivity contribution in [3.05, 3.63) is 254 Å². The molecule has 2 saturated heterocycles. The van der Waals surface area contributed by atoms with Gasteiger partial charge in [0.05, 0.1) is 93.9 Å². The molecule has 7 aliphatic rings. The fourth-order valence-corrected chi connectivity index (χ4v) is 13.4. The van der Waals surface area contributed by atoms with Crippen LogP contribution in [0.5, 0.6) is 0 Å². The van der Waals surface area contributed by atoms with Crippen LogP contribution in [0.2, 0.25) is 0 Å². The fourth-order valence-electron chi connectivity index (χ4n) is 13.1. The molecule has 132 heavy (non-hydrogen) atoms. The number of aromatic amines is 2. The topological polar surface area (TPSA) is 449 Å². The summed E-state index contributed by atoms with van der Waals surface area (Å²) in [7, 11) is 0. The number of alkyl halides is 1. The van der Waals surface area contributed by atoms with E-state index >= 15 is 0 Å². The summed E-state index contributed by atoms with van der Waals surface area (Å²) in [4.78, 5) is 119. The minimum atomic E-state index is -0.956. The Morgan fingerprint density at radius 1 is 0.644 bits per heavy atom. The number of nitrogens with zero attached hydrogens (tertiary/aromatic N) is 9. The van der Waals surface area contributed by atoms with Crippen LogP contribution in [-0.4, -0.2) is 195 Å². The van der Waals surface area contributed by atoms with Gasteiger partial charge in [-0.3, -0.25) is 24.6 Å². The number of benzene rings is 5. The van der Waals surface area contributed by atoms with Gasteiger partial charge in [-0.15, -0.1) is 72.8 Å². The number of amides is 1. The van der Waals surface area contributed by atoms with Crippen molar-refractivity contribution in [2.45, 2.75) is 162 Å². The number of anilines is 2. The van der Waals surface area contributed by atoms with Crippen molar-refractivity contribution in [1.82, 2.24) is 40.9 Å². The number of aromatic nitrogens is 5. The number of allylic oxidation sites excluding steroid dienone is 2. The molecule has 6 unspecified atom stereocenters. The summed E-state index contributed by atoms with van der Waals surface area (Å²) in [6.07, 6.45) is 7.76. The molecule has 3 aromatic heterocycles. The highest BCUT2D eigenvalue weighted by Crippen LogP contribution is 2.32. The number of carbonyl (C=O) groups excluding carboxylic acids is 6. The first-order valence-electron chi connectivity index (χ1n) is 41.4. The zero-order valence-electron chi connectivity index (χ0n) is 74.8. The molecule has 3 fully saturated rings. The number of carbonyl (C=O) groups is 6. The van der Waals surface area contributed by atoms with Crippen LogP contribution in [0.4, 0.5) is 11.6 Å². The normalized spacial score (nSPS) is 18.1. The van der Waals surface area contributed by atoms with Gasteiger partial charge in [0.25, 0.3) is 5.56 Å². The van der Waals surface area contributed by atoms with Gasteiger partial charge in [-0.2, -0.15) is 0 Å². The van der Waals surface area contributed by atoms with E-state index in [4.69, 9.17) is 88.5 Å². The minimum absolute atomic E-state index is 0. The Morgan fingerprint density at radius 3 is 1.60 bits per heavy atom. The van der Waals surface area contributed by atoms with Gasteiger partial charge in [-0.05, 0) is 107 Å². The second-order valence-corrected chi connectivity index (χ2v) is 30.4. The molecule has 12 N–H and O–H groups in total. The van der Waals surface area contributed by atoms with E-state index < -0.39 is 41.6 Å². The Balaban J connectivity index is 0.000000391. The lowest BCUT2D eigenvalue weighted by atomic mass is 9.93. The van der Waals surface area contributed by atoms with Crippen molar-refractivity contribution in [3.63, 3.8) is 0 Å². The Bertz CT molecular complexity index is 5380. The molecular weight excluding hydrogens is 1910 g/mol. The third-order valence-electron chi connectivity index (χ3n) is 19.3. The highest BCUT2D eigenvalue weighted by atomic mass is 127. The number of H-pyrrole nitrogens is 2. The molecular formula is C93H114Cl5IN18O15. The number of rotatable bonds is 20. The van der Waals surface area contributed by atoms with Gasteiger partial charge in [0.2, 0.25) is 5.91 Å². The number of aliphatic imine (C=N–C) groups is 3. The third kappa shape index (κ3) is 37.6. The maximum atomic E-state index is 12.3. The summed E-state index contributed by atoms with van der Waals surface area (Å²) in [6, 6.07) is 48.9. The number of ether oxygens (including phenoxy) is 7. The molecule has 0 radical (unpaired) electrons. The van der Waals surface area contributed by atoms with E-state index in [9.17, 15) is 38.7 Å².